The van der Waals surface area contributed by atoms with Crippen molar-refractivity contribution in [2.24, 2.45) is 0 Å². The minimum atomic E-state index is -3.75. The molecule has 1 heterocycles. The normalized spacial score (nSPS) is 11.1. The number of aryl methyl sites for hydroxylation is 1. The summed E-state index contributed by atoms with van der Waals surface area (Å²) in [7, 11) is -3.75. The second-order valence-electron chi connectivity index (χ2n) is 6.09. The Morgan fingerprint density at radius 2 is 1.61 bits per heavy atom. The van der Waals surface area contributed by atoms with Crippen LogP contribution in [-0.4, -0.2) is 25.2 Å². The number of hydrogen-bond acceptors (Lipinski definition) is 6. The van der Waals surface area contributed by atoms with Crippen LogP contribution in [0.1, 0.15) is 18.1 Å². The maximum Gasteiger partial charge on any atom is 0.263 e. The molecular weight excluding hydrogens is 376 g/mol. The first-order valence-electron chi connectivity index (χ1n) is 8.86. The lowest BCUT2D eigenvalue weighted by atomic mass is 10.1. The molecule has 3 aromatic rings. The number of ether oxygens (including phenoxy) is 1. The van der Waals surface area contributed by atoms with Crippen molar-refractivity contribution < 1.29 is 13.2 Å². The summed E-state index contributed by atoms with van der Waals surface area (Å²) in [6, 6.07) is 17.5. The Kier molecular flexibility index (Phi) is 6.10. The Morgan fingerprint density at radius 1 is 0.929 bits per heavy atom. The van der Waals surface area contributed by atoms with Crippen molar-refractivity contribution in [3.05, 3.63) is 71.8 Å². The average molecular weight is 398 g/mol. The van der Waals surface area contributed by atoms with E-state index in [9.17, 15) is 8.42 Å². The first-order valence-corrected chi connectivity index (χ1v) is 10.3. The number of nitrogens with zero attached hydrogens (tertiary/aromatic N) is 2. The van der Waals surface area contributed by atoms with Crippen LogP contribution in [0.3, 0.4) is 0 Å². The fraction of sp³-hybridized carbons (Fsp3) is 0.200. The van der Waals surface area contributed by atoms with Crippen molar-refractivity contribution in [3.8, 4) is 5.75 Å². The molecule has 0 amide bonds. The fourth-order valence-corrected chi connectivity index (χ4v) is 3.55. The van der Waals surface area contributed by atoms with Crippen molar-refractivity contribution in [2.45, 2.75) is 25.3 Å². The molecule has 8 heteroatoms. The van der Waals surface area contributed by atoms with E-state index in [1.807, 2.05) is 38.1 Å². The van der Waals surface area contributed by atoms with Crippen molar-refractivity contribution in [1.82, 2.24) is 10.2 Å². The summed E-state index contributed by atoms with van der Waals surface area (Å²) in [5, 5.41) is 11.2. The van der Waals surface area contributed by atoms with E-state index in [1.54, 1.807) is 24.3 Å². The summed E-state index contributed by atoms with van der Waals surface area (Å²) >= 11 is 0. The van der Waals surface area contributed by atoms with Gasteiger partial charge < -0.3 is 10.1 Å². The van der Waals surface area contributed by atoms with Crippen LogP contribution in [0.15, 0.2) is 65.6 Å². The Bertz CT molecular complexity index is 1020. The molecular formula is C20H22N4O3S. The van der Waals surface area contributed by atoms with E-state index in [0.717, 1.165) is 5.56 Å². The number of benzene rings is 2. The van der Waals surface area contributed by atoms with Gasteiger partial charge in [-0.25, -0.2) is 8.42 Å². The molecule has 0 aliphatic heterocycles. The molecule has 146 valence electrons. The number of nitrogens with one attached hydrogen (secondary N) is 2. The zero-order valence-electron chi connectivity index (χ0n) is 15.7. The molecule has 2 N–H and O–H groups in total. The first kappa shape index (κ1) is 19.6. The highest BCUT2D eigenvalue weighted by molar-refractivity contribution is 7.92. The van der Waals surface area contributed by atoms with Crippen molar-refractivity contribution in [1.29, 1.82) is 0 Å². The minimum absolute atomic E-state index is 0.125. The summed E-state index contributed by atoms with van der Waals surface area (Å²) < 4.78 is 32.7. The zero-order chi connectivity index (χ0) is 20.0. The van der Waals surface area contributed by atoms with Gasteiger partial charge in [-0.2, -0.15) is 0 Å². The molecule has 0 bridgehead atoms. The summed E-state index contributed by atoms with van der Waals surface area (Å²) in [4.78, 5) is 0.125. The van der Waals surface area contributed by atoms with Gasteiger partial charge in [0, 0.05) is 6.54 Å². The van der Waals surface area contributed by atoms with Crippen LogP contribution in [-0.2, 0) is 16.6 Å². The smallest absolute Gasteiger partial charge is 0.263 e. The average Bonchev–Trinajstić information content (AvgIpc) is 2.69. The van der Waals surface area contributed by atoms with Gasteiger partial charge in [0.25, 0.3) is 10.0 Å². The van der Waals surface area contributed by atoms with Crippen molar-refractivity contribution >= 4 is 21.7 Å². The second-order valence-corrected chi connectivity index (χ2v) is 7.78. The van der Waals surface area contributed by atoms with Crippen molar-refractivity contribution in [2.75, 3.05) is 16.6 Å². The highest BCUT2D eigenvalue weighted by atomic mass is 32.2. The predicted molar refractivity (Wildman–Crippen MR) is 109 cm³/mol. The molecule has 1 aromatic heterocycles. The van der Waals surface area contributed by atoms with Gasteiger partial charge in [-0.3, -0.25) is 4.72 Å². The molecule has 7 nitrogen and oxygen atoms in total. The quantitative estimate of drug-likeness (QED) is 0.602. The largest absolute Gasteiger partial charge is 0.494 e. The van der Waals surface area contributed by atoms with Gasteiger partial charge in [0.15, 0.2) is 5.82 Å². The third-order valence-corrected chi connectivity index (χ3v) is 5.44. The second kappa shape index (κ2) is 8.71. The summed E-state index contributed by atoms with van der Waals surface area (Å²) in [6.07, 6.45) is 0. The molecule has 0 saturated carbocycles. The SMILES string of the molecule is CCOc1ccc(S(=O)(=O)Nc2ccc(NCc3ccccc3C)nn2)cc1. The standard InChI is InChI=1S/C20H22N4O3S/c1-3-27-17-8-10-18(11-9-17)28(25,26)24-20-13-12-19(22-23-20)21-14-16-7-5-4-6-15(16)2/h4-13H,3,14H2,1-2H3,(H,21,22)(H,23,24). The third kappa shape index (κ3) is 4.98. The highest BCUT2D eigenvalue weighted by Crippen LogP contribution is 2.19. The van der Waals surface area contributed by atoms with E-state index < -0.39 is 10.0 Å². The van der Waals surface area contributed by atoms with Gasteiger partial charge in [0.1, 0.15) is 11.6 Å². The zero-order valence-corrected chi connectivity index (χ0v) is 16.5. The van der Waals surface area contributed by atoms with Gasteiger partial charge in [-0.15, -0.1) is 10.2 Å². The number of rotatable bonds is 8. The maximum absolute atomic E-state index is 12.5. The van der Waals surface area contributed by atoms with Crippen LogP contribution in [0, 0.1) is 6.92 Å². The van der Waals surface area contributed by atoms with Gasteiger partial charge in [0.05, 0.1) is 11.5 Å². The lowest BCUT2D eigenvalue weighted by molar-refractivity contribution is 0.340. The Balaban J connectivity index is 1.63. The molecule has 2 aromatic carbocycles. The summed E-state index contributed by atoms with van der Waals surface area (Å²) in [5.74, 6) is 1.33. The third-order valence-electron chi connectivity index (χ3n) is 4.07. The molecule has 0 aliphatic rings. The van der Waals surface area contributed by atoms with Gasteiger partial charge in [0.2, 0.25) is 0 Å². The topological polar surface area (TPSA) is 93.2 Å². The molecule has 0 atom stereocenters. The predicted octanol–water partition coefficient (Wildman–Crippen LogP) is 3.60. The monoisotopic (exact) mass is 398 g/mol. The van der Waals surface area contributed by atoms with Crippen LogP contribution < -0.4 is 14.8 Å². The van der Waals surface area contributed by atoms with Crippen LogP contribution >= 0.6 is 0 Å². The molecule has 0 radical (unpaired) electrons. The molecule has 0 aliphatic carbocycles. The number of aromatic nitrogens is 2. The van der Waals surface area contributed by atoms with Crippen LogP contribution in [0.5, 0.6) is 5.75 Å². The van der Waals surface area contributed by atoms with E-state index in [4.69, 9.17) is 4.74 Å². The van der Waals surface area contributed by atoms with Crippen LogP contribution in [0.4, 0.5) is 11.6 Å². The van der Waals surface area contributed by atoms with Crippen LogP contribution in [0.2, 0.25) is 0 Å². The van der Waals surface area contributed by atoms with E-state index in [0.29, 0.717) is 24.7 Å². The molecule has 0 unspecified atom stereocenters. The molecule has 3 rings (SSSR count). The molecule has 0 fully saturated rings. The summed E-state index contributed by atoms with van der Waals surface area (Å²) in [5.41, 5.74) is 2.34. The van der Waals surface area contributed by atoms with E-state index in [2.05, 4.69) is 20.2 Å². The van der Waals surface area contributed by atoms with Gasteiger partial charge >= 0.3 is 0 Å². The van der Waals surface area contributed by atoms with Crippen LogP contribution in [0.25, 0.3) is 0 Å². The Morgan fingerprint density at radius 3 is 2.25 bits per heavy atom. The lowest BCUT2D eigenvalue weighted by Crippen LogP contribution is -2.14. The van der Waals surface area contributed by atoms with E-state index in [-0.39, 0.29) is 10.7 Å². The molecule has 0 saturated heterocycles. The Hall–Kier alpha value is -3.13. The molecule has 0 spiro atoms. The number of hydrogen-bond donors (Lipinski definition) is 2. The van der Waals surface area contributed by atoms with Gasteiger partial charge in [-0.1, -0.05) is 24.3 Å². The number of sulfonamides is 1. The minimum Gasteiger partial charge on any atom is -0.494 e. The van der Waals surface area contributed by atoms with Crippen molar-refractivity contribution in [3.63, 3.8) is 0 Å². The van der Waals surface area contributed by atoms with E-state index in [1.165, 1.54) is 17.7 Å². The Labute approximate surface area is 164 Å². The first-order chi connectivity index (χ1) is 13.5. The number of anilines is 2. The summed E-state index contributed by atoms with van der Waals surface area (Å²) in [6.45, 7) is 5.04. The van der Waals surface area contributed by atoms with E-state index >= 15 is 0 Å². The fourth-order valence-electron chi connectivity index (χ4n) is 2.55. The van der Waals surface area contributed by atoms with Gasteiger partial charge in [-0.05, 0) is 61.4 Å². The highest BCUT2D eigenvalue weighted by Gasteiger charge is 2.15. The molecule has 28 heavy (non-hydrogen) atoms. The maximum atomic E-state index is 12.5. The lowest BCUT2D eigenvalue weighted by Gasteiger charge is -2.10.